The maximum absolute atomic E-state index is 12.2. The summed E-state index contributed by atoms with van der Waals surface area (Å²) < 4.78 is 5.10. The predicted molar refractivity (Wildman–Crippen MR) is 85.5 cm³/mol. The number of anilines is 2. The molecule has 1 fully saturated rings. The van der Waals surface area contributed by atoms with Crippen molar-refractivity contribution < 1.29 is 9.53 Å². The second-order valence-electron chi connectivity index (χ2n) is 5.93. The molecule has 0 aliphatic carbocycles. The second-order valence-corrected chi connectivity index (χ2v) is 5.93. The van der Waals surface area contributed by atoms with Crippen LogP contribution < -0.4 is 15.8 Å². The molecule has 3 N–H and O–H groups in total. The number of nitrogens with zero attached hydrogens (tertiary/aromatic N) is 1. The summed E-state index contributed by atoms with van der Waals surface area (Å²) in [6, 6.07) is 5.78. The van der Waals surface area contributed by atoms with E-state index in [1.54, 1.807) is 25.3 Å². The number of carbonyl (C=O) groups excluding carboxylic acids is 1. The van der Waals surface area contributed by atoms with E-state index in [0.717, 1.165) is 6.54 Å². The zero-order chi connectivity index (χ0) is 15.4. The summed E-state index contributed by atoms with van der Waals surface area (Å²) in [7, 11) is 1.59. The maximum atomic E-state index is 12.2. The van der Waals surface area contributed by atoms with Crippen molar-refractivity contribution >= 4 is 17.3 Å². The number of carbonyl (C=O) groups is 1. The van der Waals surface area contributed by atoms with E-state index in [4.69, 9.17) is 10.5 Å². The SMILES string of the molecule is COc1ccc(NC(=O)CN2CCCC2C(C)C)c(N)c1. The molecule has 0 saturated carbocycles. The summed E-state index contributed by atoms with van der Waals surface area (Å²) in [5, 5.41) is 2.89. The lowest BCUT2D eigenvalue weighted by Crippen LogP contribution is -2.39. The van der Waals surface area contributed by atoms with Crippen molar-refractivity contribution in [3.05, 3.63) is 18.2 Å². The van der Waals surface area contributed by atoms with Crippen LogP contribution in [0.5, 0.6) is 5.75 Å². The van der Waals surface area contributed by atoms with Crippen LogP contribution in [0.25, 0.3) is 0 Å². The minimum Gasteiger partial charge on any atom is -0.497 e. The molecular formula is C16H25N3O2. The van der Waals surface area contributed by atoms with Gasteiger partial charge in [0.15, 0.2) is 0 Å². The van der Waals surface area contributed by atoms with Crippen LogP contribution in [0.3, 0.4) is 0 Å². The second kappa shape index (κ2) is 6.80. The zero-order valence-corrected chi connectivity index (χ0v) is 13.1. The Hall–Kier alpha value is -1.75. The highest BCUT2D eigenvalue weighted by Gasteiger charge is 2.28. The van der Waals surface area contributed by atoms with E-state index in [2.05, 4.69) is 24.1 Å². The fraction of sp³-hybridized carbons (Fsp3) is 0.562. The van der Waals surface area contributed by atoms with E-state index in [1.165, 1.54) is 12.8 Å². The maximum Gasteiger partial charge on any atom is 0.238 e. The molecule has 1 saturated heterocycles. The molecule has 0 bridgehead atoms. The molecule has 1 aromatic carbocycles. The Balaban J connectivity index is 1.95. The zero-order valence-electron chi connectivity index (χ0n) is 13.1. The third-order valence-corrected chi connectivity index (χ3v) is 4.06. The summed E-state index contributed by atoms with van der Waals surface area (Å²) in [5.41, 5.74) is 7.08. The van der Waals surface area contributed by atoms with Gasteiger partial charge in [0.05, 0.1) is 25.0 Å². The Morgan fingerprint density at radius 1 is 1.52 bits per heavy atom. The Bertz CT molecular complexity index is 502. The Morgan fingerprint density at radius 2 is 2.29 bits per heavy atom. The van der Waals surface area contributed by atoms with E-state index in [9.17, 15) is 4.79 Å². The van der Waals surface area contributed by atoms with E-state index < -0.39 is 0 Å². The molecule has 116 valence electrons. The molecule has 5 nitrogen and oxygen atoms in total. The van der Waals surface area contributed by atoms with E-state index in [-0.39, 0.29) is 5.91 Å². The number of hydrogen-bond acceptors (Lipinski definition) is 4. The van der Waals surface area contributed by atoms with Gasteiger partial charge in [-0.25, -0.2) is 0 Å². The summed E-state index contributed by atoms with van der Waals surface area (Å²) in [4.78, 5) is 14.5. The van der Waals surface area contributed by atoms with Gasteiger partial charge in [0.1, 0.15) is 5.75 Å². The van der Waals surface area contributed by atoms with Gasteiger partial charge in [-0.15, -0.1) is 0 Å². The van der Waals surface area contributed by atoms with Crippen molar-refractivity contribution in [3.63, 3.8) is 0 Å². The monoisotopic (exact) mass is 291 g/mol. The van der Waals surface area contributed by atoms with Crippen LogP contribution in [0.1, 0.15) is 26.7 Å². The first-order valence-corrected chi connectivity index (χ1v) is 7.48. The van der Waals surface area contributed by atoms with Crippen LogP contribution in [0.4, 0.5) is 11.4 Å². The first-order valence-electron chi connectivity index (χ1n) is 7.48. The minimum atomic E-state index is -0.0144. The number of methoxy groups -OCH3 is 1. The average molecular weight is 291 g/mol. The van der Waals surface area contributed by atoms with Crippen LogP contribution in [0.15, 0.2) is 18.2 Å². The summed E-state index contributed by atoms with van der Waals surface area (Å²) >= 11 is 0. The third-order valence-electron chi connectivity index (χ3n) is 4.06. The van der Waals surface area contributed by atoms with Crippen molar-refractivity contribution in [1.82, 2.24) is 4.90 Å². The fourth-order valence-corrected chi connectivity index (χ4v) is 2.96. The van der Waals surface area contributed by atoms with Crippen molar-refractivity contribution in [2.45, 2.75) is 32.7 Å². The average Bonchev–Trinajstić information content (AvgIpc) is 2.89. The topological polar surface area (TPSA) is 67.6 Å². The number of nitrogen functional groups attached to an aromatic ring is 1. The van der Waals surface area contributed by atoms with Crippen LogP contribution in [0, 0.1) is 5.92 Å². The van der Waals surface area contributed by atoms with Crippen molar-refractivity contribution in [1.29, 1.82) is 0 Å². The molecule has 1 atom stereocenters. The molecule has 0 radical (unpaired) electrons. The van der Waals surface area contributed by atoms with Crippen molar-refractivity contribution in [2.75, 3.05) is 31.2 Å². The summed E-state index contributed by atoms with van der Waals surface area (Å²) in [5.74, 6) is 1.25. The molecule has 5 heteroatoms. The quantitative estimate of drug-likeness (QED) is 0.817. The Morgan fingerprint density at radius 3 is 2.90 bits per heavy atom. The van der Waals surface area contributed by atoms with Gasteiger partial charge in [0, 0.05) is 12.1 Å². The molecule has 1 aliphatic rings. The van der Waals surface area contributed by atoms with Gasteiger partial charge in [-0.3, -0.25) is 9.69 Å². The number of nitrogens with one attached hydrogen (secondary N) is 1. The predicted octanol–water partition coefficient (Wildman–Crippen LogP) is 2.34. The van der Waals surface area contributed by atoms with Crippen LogP contribution >= 0.6 is 0 Å². The smallest absolute Gasteiger partial charge is 0.238 e. The molecule has 0 spiro atoms. The summed E-state index contributed by atoms with van der Waals surface area (Å²) in [6.45, 7) is 5.84. The fourth-order valence-electron chi connectivity index (χ4n) is 2.96. The number of hydrogen-bond donors (Lipinski definition) is 2. The van der Waals surface area contributed by atoms with Gasteiger partial charge in [0.25, 0.3) is 0 Å². The van der Waals surface area contributed by atoms with Gasteiger partial charge >= 0.3 is 0 Å². The third kappa shape index (κ3) is 3.88. The summed E-state index contributed by atoms with van der Waals surface area (Å²) in [6.07, 6.45) is 2.34. The van der Waals surface area contributed by atoms with E-state index in [1.807, 2.05) is 0 Å². The first-order chi connectivity index (χ1) is 10.0. The lowest BCUT2D eigenvalue weighted by molar-refractivity contribution is -0.117. The number of nitrogens with two attached hydrogens (primary N) is 1. The number of likely N-dealkylation sites (tertiary alicyclic amines) is 1. The van der Waals surface area contributed by atoms with Crippen molar-refractivity contribution in [3.8, 4) is 5.75 Å². The molecule has 1 amide bonds. The number of amides is 1. The lowest BCUT2D eigenvalue weighted by atomic mass is 10.0. The number of rotatable bonds is 5. The van der Waals surface area contributed by atoms with Gasteiger partial charge in [-0.1, -0.05) is 13.8 Å². The standard InChI is InChI=1S/C16H25N3O2/c1-11(2)15-5-4-8-19(15)10-16(20)18-14-7-6-12(21-3)9-13(14)17/h6-7,9,11,15H,4-5,8,10,17H2,1-3H3,(H,18,20). The highest BCUT2D eigenvalue weighted by Crippen LogP contribution is 2.25. The minimum absolute atomic E-state index is 0.0144. The highest BCUT2D eigenvalue weighted by atomic mass is 16.5. The largest absolute Gasteiger partial charge is 0.497 e. The normalized spacial score (nSPS) is 19.0. The van der Waals surface area contributed by atoms with E-state index in [0.29, 0.717) is 35.6 Å². The van der Waals surface area contributed by atoms with Gasteiger partial charge in [-0.05, 0) is 37.4 Å². The molecule has 1 aliphatic heterocycles. The molecule has 0 aromatic heterocycles. The highest BCUT2D eigenvalue weighted by molar-refractivity contribution is 5.95. The van der Waals surface area contributed by atoms with Crippen LogP contribution in [-0.2, 0) is 4.79 Å². The number of ether oxygens (including phenoxy) is 1. The number of benzene rings is 1. The molecule has 21 heavy (non-hydrogen) atoms. The van der Waals surface area contributed by atoms with Gasteiger partial charge in [0.2, 0.25) is 5.91 Å². The molecular weight excluding hydrogens is 266 g/mol. The van der Waals surface area contributed by atoms with Gasteiger partial charge in [-0.2, -0.15) is 0 Å². The Labute approximate surface area is 126 Å². The molecule has 1 heterocycles. The Kier molecular flexibility index (Phi) is 5.07. The first kappa shape index (κ1) is 15.6. The van der Waals surface area contributed by atoms with Crippen molar-refractivity contribution in [2.24, 2.45) is 5.92 Å². The lowest BCUT2D eigenvalue weighted by Gasteiger charge is -2.26. The molecule has 1 aromatic rings. The van der Waals surface area contributed by atoms with E-state index >= 15 is 0 Å². The molecule has 1 unspecified atom stereocenters. The van der Waals surface area contributed by atoms with Crippen LogP contribution in [-0.4, -0.2) is 37.0 Å². The van der Waals surface area contributed by atoms with Crippen LogP contribution in [0.2, 0.25) is 0 Å². The van der Waals surface area contributed by atoms with Gasteiger partial charge < -0.3 is 15.8 Å². The molecule has 2 rings (SSSR count).